The molecule has 1 aliphatic heterocycles. The van der Waals surface area contributed by atoms with E-state index in [1.165, 1.54) is 11.3 Å². The number of piperidine rings is 1. The van der Waals surface area contributed by atoms with Crippen molar-refractivity contribution >= 4 is 48.2 Å². The Morgan fingerprint density at radius 1 is 1.20 bits per heavy atom. The highest BCUT2D eigenvalue weighted by Crippen LogP contribution is 2.37. The Balaban J connectivity index is 1.63. The minimum Gasteiger partial charge on any atom is -0.462 e. The number of carbonyl (C=O) groups is 2. The minimum absolute atomic E-state index is 0.00134. The quantitative estimate of drug-likeness (QED) is 0.160. The third kappa shape index (κ3) is 8.29. The van der Waals surface area contributed by atoms with Crippen molar-refractivity contribution in [1.29, 1.82) is 0 Å². The van der Waals surface area contributed by atoms with E-state index in [2.05, 4.69) is 29.9 Å². The number of thiazole rings is 1. The van der Waals surface area contributed by atoms with E-state index >= 15 is 0 Å². The zero-order valence-corrected chi connectivity index (χ0v) is 27.1. The van der Waals surface area contributed by atoms with Crippen LogP contribution >= 0.6 is 11.3 Å². The molecule has 0 aromatic carbocycles. The third-order valence-electron chi connectivity index (χ3n) is 6.65. The smallest absolute Gasteiger partial charge is 0.410 e. The molecule has 1 aliphatic rings. The number of amides is 1. The minimum atomic E-state index is -1.19. The molecule has 41 heavy (non-hydrogen) atoms. The number of fused-ring (bicyclic) bond motifs is 1. The van der Waals surface area contributed by atoms with Gasteiger partial charge in [0, 0.05) is 51.6 Å². The first-order valence-corrected chi connectivity index (χ1v) is 18.8. The molecule has 4 heterocycles. The fourth-order valence-corrected chi connectivity index (χ4v) is 6.17. The van der Waals surface area contributed by atoms with Crippen molar-refractivity contribution in [2.24, 2.45) is 0 Å². The molecule has 1 unspecified atom stereocenters. The SMILES string of the molecule is CCOC(=O)c1cnc(-c2cnc3c(ccn3COCC[Si](C)(C)C)c2NC2CCCN(C(=O)OC(C)(C)C)C2)s1. The first-order chi connectivity index (χ1) is 19.3. The molecule has 0 aliphatic carbocycles. The van der Waals surface area contributed by atoms with Crippen molar-refractivity contribution < 1.29 is 23.8 Å². The molecule has 3 aromatic rings. The number of hydrogen-bond acceptors (Lipinski definition) is 9. The van der Waals surface area contributed by atoms with Crippen molar-refractivity contribution in [2.75, 3.05) is 31.6 Å². The lowest BCUT2D eigenvalue weighted by atomic mass is 10.0. The molecule has 1 saturated heterocycles. The molecule has 224 valence electrons. The summed E-state index contributed by atoms with van der Waals surface area (Å²) < 4.78 is 18.8. The maximum atomic E-state index is 12.8. The summed E-state index contributed by atoms with van der Waals surface area (Å²) in [5.41, 5.74) is 1.91. The number of rotatable bonds is 10. The molecular weight excluding hydrogens is 559 g/mol. The summed E-state index contributed by atoms with van der Waals surface area (Å²) in [6.45, 7) is 17.0. The summed E-state index contributed by atoms with van der Waals surface area (Å²) in [5.74, 6) is -0.387. The number of carbonyl (C=O) groups excluding carboxylic acids is 2. The predicted molar refractivity (Wildman–Crippen MR) is 165 cm³/mol. The Bertz CT molecular complexity index is 1360. The first-order valence-electron chi connectivity index (χ1n) is 14.3. The van der Waals surface area contributed by atoms with Crippen molar-refractivity contribution in [3.05, 3.63) is 29.5 Å². The van der Waals surface area contributed by atoms with Crippen LogP contribution in [-0.4, -0.2) is 77.5 Å². The van der Waals surface area contributed by atoms with Crippen LogP contribution in [-0.2, 0) is 20.9 Å². The fraction of sp³-hybridized carbons (Fsp3) is 0.586. The van der Waals surface area contributed by atoms with Crippen LogP contribution in [0.5, 0.6) is 0 Å². The highest BCUT2D eigenvalue weighted by molar-refractivity contribution is 7.16. The molecule has 4 rings (SSSR count). The van der Waals surface area contributed by atoms with Crippen molar-refractivity contribution in [1.82, 2.24) is 19.4 Å². The van der Waals surface area contributed by atoms with Gasteiger partial charge in [0.05, 0.1) is 24.1 Å². The lowest BCUT2D eigenvalue weighted by Gasteiger charge is -2.35. The van der Waals surface area contributed by atoms with E-state index in [9.17, 15) is 9.59 Å². The molecule has 0 saturated carbocycles. The Hall–Kier alpha value is -2.96. The number of nitrogens with one attached hydrogen (secondary N) is 1. The van der Waals surface area contributed by atoms with Gasteiger partial charge in [-0.1, -0.05) is 19.6 Å². The summed E-state index contributed by atoms with van der Waals surface area (Å²) in [5, 5.41) is 5.31. The number of ether oxygens (including phenoxy) is 3. The molecule has 1 N–H and O–H groups in total. The van der Waals surface area contributed by atoms with Gasteiger partial charge in [0.2, 0.25) is 0 Å². The number of anilines is 1. The monoisotopic (exact) mass is 601 g/mol. The van der Waals surface area contributed by atoms with Gasteiger partial charge >= 0.3 is 12.1 Å². The maximum absolute atomic E-state index is 12.8. The summed E-state index contributed by atoms with van der Waals surface area (Å²) >= 11 is 1.28. The van der Waals surface area contributed by atoms with E-state index < -0.39 is 13.7 Å². The number of nitrogens with zero attached hydrogens (tertiary/aromatic N) is 4. The molecule has 0 radical (unpaired) electrons. The Labute approximate surface area is 247 Å². The number of likely N-dealkylation sites (tertiary alicyclic amines) is 1. The zero-order chi connectivity index (χ0) is 29.8. The van der Waals surface area contributed by atoms with Crippen LogP contribution in [0.4, 0.5) is 10.5 Å². The van der Waals surface area contributed by atoms with E-state index in [0.717, 1.165) is 47.8 Å². The number of hydrogen-bond donors (Lipinski definition) is 1. The Morgan fingerprint density at radius 2 is 1.98 bits per heavy atom. The van der Waals surface area contributed by atoms with E-state index in [0.29, 0.717) is 36.3 Å². The molecule has 10 nitrogen and oxygen atoms in total. The maximum Gasteiger partial charge on any atom is 0.410 e. The predicted octanol–water partition coefficient (Wildman–Crippen LogP) is 6.46. The second-order valence-corrected chi connectivity index (χ2v) is 19.2. The topological polar surface area (TPSA) is 108 Å². The molecular formula is C29H43N5O5SSi. The van der Waals surface area contributed by atoms with Crippen LogP contribution in [0.25, 0.3) is 21.6 Å². The third-order valence-corrected chi connectivity index (χ3v) is 9.36. The molecule has 1 amide bonds. The van der Waals surface area contributed by atoms with E-state index in [4.69, 9.17) is 19.2 Å². The van der Waals surface area contributed by atoms with E-state index in [1.807, 2.05) is 37.6 Å². The Morgan fingerprint density at radius 3 is 2.68 bits per heavy atom. The molecule has 0 spiro atoms. The molecule has 12 heteroatoms. The van der Waals surface area contributed by atoms with Crippen LogP contribution in [0.2, 0.25) is 25.7 Å². The van der Waals surface area contributed by atoms with Crippen LogP contribution < -0.4 is 5.32 Å². The van der Waals surface area contributed by atoms with Gasteiger partial charge in [0.25, 0.3) is 0 Å². The lowest BCUT2D eigenvalue weighted by Crippen LogP contribution is -2.47. The first kappa shape index (κ1) is 31.0. The summed E-state index contributed by atoms with van der Waals surface area (Å²) in [7, 11) is -1.19. The van der Waals surface area contributed by atoms with E-state index in [1.54, 1.807) is 24.2 Å². The van der Waals surface area contributed by atoms with Gasteiger partial charge in [-0.2, -0.15) is 0 Å². The number of aromatic nitrogens is 3. The summed E-state index contributed by atoms with van der Waals surface area (Å²) in [6.07, 6.45) is 6.79. The lowest BCUT2D eigenvalue weighted by molar-refractivity contribution is 0.0206. The van der Waals surface area contributed by atoms with E-state index in [-0.39, 0.29) is 18.1 Å². The number of esters is 1. The normalized spacial score (nSPS) is 16.2. The highest BCUT2D eigenvalue weighted by atomic mass is 32.1. The van der Waals surface area contributed by atoms with Gasteiger partial charge < -0.3 is 29.0 Å². The van der Waals surface area contributed by atoms with Gasteiger partial charge in [-0.05, 0) is 52.6 Å². The Kier molecular flexibility index (Phi) is 9.76. The molecule has 0 bridgehead atoms. The molecule has 1 atom stereocenters. The van der Waals surface area contributed by atoms with Crippen LogP contribution in [0.3, 0.4) is 0 Å². The van der Waals surface area contributed by atoms with Crippen molar-refractivity contribution in [3.63, 3.8) is 0 Å². The van der Waals surface area contributed by atoms with Crippen LogP contribution in [0.15, 0.2) is 24.7 Å². The van der Waals surface area contributed by atoms with Gasteiger partial charge in [-0.3, -0.25) is 0 Å². The van der Waals surface area contributed by atoms with Crippen molar-refractivity contribution in [3.8, 4) is 10.6 Å². The molecule has 1 fully saturated rings. The van der Waals surface area contributed by atoms with Gasteiger partial charge in [-0.15, -0.1) is 11.3 Å². The summed E-state index contributed by atoms with van der Waals surface area (Å²) in [4.78, 5) is 36.7. The standard InChI is InChI=1S/C29H43N5O5SSi/c1-8-38-27(35)23-17-31-26(40-23)22-16-30-25-21(11-13-34(25)19-37-14-15-41(5,6)7)24(22)32-20-10-9-12-33(18-20)28(36)39-29(2,3)4/h11,13,16-17,20H,8-10,12,14-15,18-19H2,1-7H3,(H,30,32). The second kappa shape index (κ2) is 12.9. The van der Waals surface area contributed by atoms with Gasteiger partial charge in [0.15, 0.2) is 0 Å². The fourth-order valence-electron chi connectivity index (χ4n) is 4.59. The molecule has 3 aromatic heterocycles. The highest BCUT2D eigenvalue weighted by Gasteiger charge is 2.29. The second-order valence-electron chi connectivity index (χ2n) is 12.6. The van der Waals surface area contributed by atoms with Crippen LogP contribution in [0.1, 0.15) is 50.2 Å². The summed E-state index contributed by atoms with van der Waals surface area (Å²) in [6, 6.07) is 3.13. The van der Waals surface area contributed by atoms with Gasteiger partial charge in [0.1, 0.15) is 27.9 Å². The zero-order valence-electron chi connectivity index (χ0n) is 25.3. The number of pyridine rings is 1. The van der Waals surface area contributed by atoms with Crippen molar-refractivity contribution in [2.45, 2.75) is 84.6 Å². The van der Waals surface area contributed by atoms with Crippen LogP contribution in [0, 0.1) is 0 Å². The average Bonchev–Trinajstić information content (AvgIpc) is 3.54. The van der Waals surface area contributed by atoms with Gasteiger partial charge in [-0.25, -0.2) is 19.6 Å². The average molecular weight is 602 g/mol. The largest absolute Gasteiger partial charge is 0.462 e.